The first-order chi connectivity index (χ1) is 8.31. The lowest BCUT2D eigenvalue weighted by Crippen LogP contribution is -2.46. The van der Waals surface area contributed by atoms with Crippen LogP contribution in [0.3, 0.4) is 0 Å². The van der Waals surface area contributed by atoms with Crippen LogP contribution < -0.4 is 4.74 Å². The Kier molecular flexibility index (Phi) is 3.91. The van der Waals surface area contributed by atoms with Crippen LogP contribution in [-0.4, -0.2) is 49.3 Å². The topological polar surface area (TPSA) is 58.4 Å². The highest BCUT2D eigenvalue weighted by Gasteiger charge is 2.20. The van der Waals surface area contributed by atoms with Gasteiger partial charge in [0, 0.05) is 12.7 Å². The van der Waals surface area contributed by atoms with Crippen molar-refractivity contribution < 1.29 is 9.47 Å². The molecule has 0 aliphatic carbocycles. The minimum absolute atomic E-state index is 0.232. The summed E-state index contributed by atoms with van der Waals surface area (Å²) >= 11 is 0. The van der Waals surface area contributed by atoms with Gasteiger partial charge in [-0.05, 0) is 13.1 Å². The Hall–Kier alpha value is -1.64. The second-order valence-corrected chi connectivity index (χ2v) is 4.00. The number of nitrogens with zero attached hydrogens (tertiary/aromatic N) is 3. The van der Waals surface area contributed by atoms with E-state index in [1.165, 1.54) is 0 Å². The maximum Gasteiger partial charge on any atom is 0.155 e. The fourth-order valence-corrected chi connectivity index (χ4v) is 1.69. The van der Waals surface area contributed by atoms with E-state index in [4.69, 9.17) is 14.7 Å². The van der Waals surface area contributed by atoms with Crippen LogP contribution in [-0.2, 0) is 4.74 Å². The number of nitriles is 1. The van der Waals surface area contributed by atoms with Crippen LogP contribution in [0.4, 0.5) is 0 Å². The first-order valence-corrected chi connectivity index (χ1v) is 5.56. The molecule has 0 N–H and O–H groups in total. The predicted octanol–water partition coefficient (Wildman–Crippen LogP) is 0.663. The van der Waals surface area contributed by atoms with Gasteiger partial charge in [0.2, 0.25) is 0 Å². The van der Waals surface area contributed by atoms with E-state index in [1.54, 1.807) is 18.5 Å². The standard InChI is InChI=1S/C12H15N3O2/c1-15-4-5-16-8-11(15)9-17-12-7-14-3-2-10(12)6-13/h2-3,7,11H,4-5,8-9H2,1H3/t11-/m0/s1. The average Bonchev–Trinajstić information content (AvgIpc) is 2.38. The summed E-state index contributed by atoms with van der Waals surface area (Å²) in [6, 6.07) is 3.97. The van der Waals surface area contributed by atoms with Crippen LogP contribution in [0.5, 0.6) is 5.75 Å². The van der Waals surface area contributed by atoms with Gasteiger partial charge in [-0.1, -0.05) is 0 Å². The smallest absolute Gasteiger partial charge is 0.155 e. The van der Waals surface area contributed by atoms with E-state index in [0.29, 0.717) is 24.5 Å². The molecule has 1 aliphatic rings. The molecular formula is C12H15N3O2. The molecule has 2 rings (SSSR count). The Morgan fingerprint density at radius 3 is 3.35 bits per heavy atom. The minimum Gasteiger partial charge on any atom is -0.489 e. The summed E-state index contributed by atoms with van der Waals surface area (Å²) in [6.45, 7) is 2.85. The van der Waals surface area contributed by atoms with Crippen LogP contribution in [0.25, 0.3) is 0 Å². The van der Waals surface area contributed by atoms with Crippen molar-refractivity contribution in [1.82, 2.24) is 9.88 Å². The van der Waals surface area contributed by atoms with Gasteiger partial charge in [0.05, 0.1) is 31.0 Å². The molecule has 17 heavy (non-hydrogen) atoms. The molecule has 1 aliphatic heterocycles. The van der Waals surface area contributed by atoms with Crippen molar-refractivity contribution in [1.29, 1.82) is 5.26 Å². The Morgan fingerprint density at radius 2 is 2.59 bits per heavy atom. The van der Waals surface area contributed by atoms with E-state index in [1.807, 2.05) is 7.05 Å². The second-order valence-electron chi connectivity index (χ2n) is 4.00. The number of morpholine rings is 1. The number of hydrogen-bond acceptors (Lipinski definition) is 5. The Bertz CT molecular complexity index is 416. The van der Waals surface area contributed by atoms with E-state index in [-0.39, 0.29) is 6.04 Å². The van der Waals surface area contributed by atoms with Crippen molar-refractivity contribution in [3.8, 4) is 11.8 Å². The molecule has 2 heterocycles. The van der Waals surface area contributed by atoms with E-state index >= 15 is 0 Å². The lowest BCUT2D eigenvalue weighted by atomic mass is 10.2. The van der Waals surface area contributed by atoms with Crippen molar-refractivity contribution in [2.24, 2.45) is 0 Å². The largest absolute Gasteiger partial charge is 0.489 e. The molecule has 0 saturated carbocycles. The molecule has 1 atom stereocenters. The zero-order chi connectivity index (χ0) is 12.1. The number of pyridine rings is 1. The Labute approximate surface area is 101 Å². The van der Waals surface area contributed by atoms with Gasteiger partial charge in [-0.3, -0.25) is 9.88 Å². The SMILES string of the molecule is CN1CCOC[C@H]1COc1cnccc1C#N. The maximum absolute atomic E-state index is 8.91. The highest BCUT2D eigenvalue weighted by Crippen LogP contribution is 2.16. The molecule has 5 heteroatoms. The molecule has 1 aromatic rings. The number of hydrogen-bond donors (Lipinski definition) is 0. The van der Waals surface area contributed by atoms with E-state index < -0.39 is 0 Å². The highest BCUT2D eigenvalue weighted by molar-refractivity contribution is 5.40. The molecular weight excluding hydrogens is 218 g/mol. The summed E-state index contributed by atoms with van der Waals surface area (Å²) in [7, 11) is 2.05. The van der Waals surface area contributed by atoms with Gasteiger partial charge < -0.3 is 9.47 Å². The maximum atomic E-state index is 8.91. The Balaban J connectivity index is 1.95. The summed E-state index contributed by atoms with van der Waals surface area (Å²) in [5, 5.41) is 8.91. The highest BCUT2D eigenvalue weighted by atomic mass is 16.5. The summed E-state index contributed by atoms with van der Waals surface area (Å²) in [5.41, 5.74) is 0.513. The zero-order valence-corrected chi connectivity index (χ0v) is 9.80. The van der Waals surface area contributed by atoms with E-state index in [2.05, 4.69) is 16.0 Å². The van der Waals surface area contributed by atoms with Gasteiger partial charge in [-0.25, -0.2) is 0 Å². The number of aromatic nitrogens is 1. The molecule has 5 nitrogen and oxygen atoms in total. The lowest BCUT2D eigenvalue weighted by Gasteiger charge is -2.32. The molecule has 0 spiro atoms. The molecule has 90 valence electrons. The minimum atomic E-state index is 0.232. The number of ether oxygens (including phenoxy) is 2. The molecule has 0 aromatic carbocycles. The fourth-order valence-electron chi connectivity index (χ4n) is 1.69. The molecule has 1 saturated heterocycles. The van der Waals surface area contributed by atoms with Gasteiger partial charge in [0.15, 0.2) is 5.75 Å². The van der Waals surface area contributed by atoms with Crippen LogP contribution in [0.15, 0.2) is 18.5 Å². The fraction of sp³-hybridized carbons (Fsp3) is 0.500. The quantitative estimate of drug-likeness (QED) is 0.767. The average molecular weight is 233 g/mol. The summed E-state index contributed by atoms with van der Waals surface area (Å²) < 4.78 is 11.0. The second kappa shape index (κ2) is 5.62. The third kappa shape index (κ3) is 2.93. The third-order valence-electron chi connectivity index (χ3n) is 2.86. The van der Waals surface area contributed by atoms with Crippen molar-refractivity contribution in [3.05, 3.63) is 24.0 Å². The van der Waals surface area contributed by atoms with Crippen LogP contribution in [0, 0.1) is 11.3 Å². The molecule has 0 amide bonds. The predicted molar refractivity (Wildman–Crippen MR) is 61.7 cm³/mol. The van der Waals surface area contributed by atoms with Crippen molar-refractivity contribution >= 4 is 0 Å². The van der Waals surface area contributed by atoms with Crippen LogP contribution in [0.2, 0.25) is 0 Å². The Morgan fingerprint density at radius 1 is 1.71 bits per heavy atom. The van der Waals surface area contributed by atoms with Gasteiger partial charge >= 0.3 is 0 Å². The molecule has 1 fully saturated rings. The van der Waals surface area contributed by atoms with E-state index in [9.17, 15) is 0 Å². The third-order valence-corrected chi connectivity index (χ3v) is 2.86. The number of likely N-dealkylation sites (N-methyl/N-ethyl adjacent to an activating group) is 1. The number of rotatable bonds is 3. The van der Waals surface area contributed by atoms with Crippen molar-refractivity contribution in [2.75, 3.05) is 33.4 Å². The van der Waals surface area contributed by atoms with Crippen molar-refractivity contribution in [3.63, 3.8) is 0 Å². The van der Waals surface area contributed by atoms with Crippen LogP contribution >= 0.6 is 0 Å². The van der Waals surface area contributed by atoms with Crippen LogP contribution in [0.1, 0.15) is 5.56 Å². The van der Waals surface area contributed by atoms with Crippen molar-refractivity contribution in [2.45, 2.75) is 6.04 Å². The molecule has 1 aromatic heterocycles. The summed E-state index contributed by atoms with van der Waals surface area (Å²) in [4.78, 5) is 6.16. The first kappa shape index (κ1) is 11.8. The zero-order valence-electron chi connectivity index (χ0n) is 9.80. The monoisotopic (exact) mass is 233 g/mol. The van der Waals surface area contributed by atoms with Gasteiger partial charge in [-0.15, -0.1) is 0 Å². The summed E-state index contributed by atoms with van der Waals surface area (Å²) in [6.07, 6.45) is 3.16. The lowest BCUT2D eigenvalue weighted by molar-refractivity contribution is -0.0108. The normalized spacial score (nSPS) is 20.8. The molecule has 0 radical (unpaired) electrons. The van der Waals surface area contributed by atoms with Gasteiger partial charge in [-0.2, -0.15) is 5.26 Å². The van der Waals surface area contributed by atoms with Gasteiger partial charge in [0.25, 0.3) is 0 Å². The summed E-state index contributed by atoms with van der Waals surface area (Å²) in [5.74, 6) is 0.536. The van der Waals surface area contributed by atoms with Gasteiger partial charge in [0.1, 0.15) is 12.7 Å². The first-order valence-electron chi connectivity index (χ1n) is 5.56. The molecule has 0 unspecified atom stereocenters. The van der Waals surface area contributed by atoms with E-state index in [0.717, 1.165) is 13.2 Å². The molecule has 0 bridgehead atoms.